The zero-order chi connectivity index (χ0) is 22.5. The predicted molar refractivity (Wildman–Crippen MR) is 120 cm³/mol. The van der Waals surface area contributed by atoms with E-state index in [4.69, 9.17) is 4.74 Å². The molecule has 3 unspecified atom stereocenters. The van der Waals surface area contributed by atoms with E-state index in [-0.39, 0.29) is 42.0 Å². The van der Waals surface area contributed by atoms with E-state index >= 15 is 0 Å². The van der Waals surface area contributed by atoms with Gasteiger partial charge in [-0.25, -0.2) is 4.39 Å². The lowest BCUT2D eigenvalue weighted by Gasteiger charge is -2.41. The minimum absolute atomic E-state index is 0.00461. The SMILES string of the molecule is COc1ccc(CCN(CC2NC(=O)C3CCCCC3N2)C(=O)c2ccccc2F)cc1. The summed E-state index contributed by atoms with van der Waals surface area (Å²) in [5.74, 6) is -0.107. The minimum atomic E-state index is -0.542. The molecule has 0 aromatic heterocycles. The number of rotatable bonds is 7. The van der Waals surface area contributed by atoms with Crippen LogP contribution in [-0.2, 0) is 11.2 Å². The van der Waals surface area contributed by atoms with Gasteiger partial charge in [-0.3, -0.25) is 14.9 Å². The van der Waals surface area contributed by atoms with Crippen molar-refractivity contribution < 1.29 is 18.7 Å². The number of halogens is 1. The Morgan fingerprint density at radius 1 is 1.12 bits per heavy atom. The second kappa shape index (κ2) is 10.1. The van der Waals surface area contributed by atoms with Crippen LogP contribution in [0.1, 0.15) is 41.6 Å². The van der Waals surface area contributed by atoms with Crippen LogP contribution >= 0.6 is 0 Å². The molecule has 2 aliphatic rings. The van der Waals surface area contributed by atoms with Crippen LogP contribution in [0.5, 0.6) is 5.75 Å². The fourth-order valence-corrected chi connectivity index (χ4v) is 4.68. The maximum absolute atomic E-state index is 14.4. The van der Waals surface area contributed by atoms with Crippen molar-refractivity contribution in [2.75, 3.05) is 20.2 Å². The average Bonchev–Trinajstić information content (AvgIpc) is 2.82. The van der Waals surface area contributed by atoms with Crippen LogP contribution in [-0.4, -0.2) is 49.1 Å². The van der Waals surface area contributed by atoms with Gasteiger partial charge in [0.1, 0.15) is 11.6 Å². The fraction of sp³-hybridized carbons (Fsp3) is 0.440. The standard InChI is InChI=1S/C25H30FN3O3/c1-32-18-12-10-17(11-13-18)14-15-29(25(31)19-6-2-4-8-21(19)26)16-23-27-22-9-5-3-7-20(22)24(30)28-23/h2,4,6,8,10-13,20,22-23,27H,3,5,7,9,14-16H2,1H3,(H,28,30). The van der Waals surface area contributed by atoms with Crippen LogP contribution in [0.2, 0.25) is 0 Å². The number of nitrogens with zero attached hydrogens (tertiary/aromatic N) is 1. The Labute approximate surface area is 188 Å². The first-order chi connectivity index (χ1) is 15.5. The molecule has 2 aromatic rings. The molecule has 1 saturated carbocycles. The van der Waals surface area contributed by atoms with E-state index in [1.54, 1.807) is 24.1 Å². The summed E-state index contributed by atoms with van der Waals surface area (Å²) < 4.78 is 19.6. The second-order valence-electron chi connectivity index (χ2n) is 8.55. The largest absolute Gasteiger partial charge is 0.497 e. The molecule has 2 N–H and O–H groups in total. The normalized spacial score (nSPS) is 22.6. The number of ether oxygens (including phenoxy) is 1. The van der Waals surface area contributed by atoms with Crippen LogP contribution < -0.4 is 15.4 Å². The monoisotopic (exact) mass is 439 g/mol. The van der Waals surface area contributed by atoms with Crippen molar-refractivity contribution >= 4 is 11.8 Å². The number of hydrogen-bond acceptors (Lipinski definition) is 4. The molecule has 1 aliphatic carbocycles. The number of carbonyl (C=O) groups is 2. The number of amides is 2. The van der Waals surface area contributed by atoms with Crippen molar-refractivity contribution in [3.05, 3.63) is 65.5 Å². The van der Waals surface area contributed by atoms with E-state index in [1.807, 2.05) is 24.3 Å². The number of hydrogen-bond donors (Lipinski definition) is 2. The summed E-state index contributed by atoms with van der Waals surface area (Å²) in [5, 5.41) is 6.54. The minimum Gasteiger partial charge on any atom is -0.497 e. The van der Waals surface area contributed by atoms with Gasteiger partial charge in [-0.2, -0.15) is 0 Å². The Kier molecular flexibility index (Phi) is 7.05. The van der Waals surface area contributed by atoms with Crippen molar-refractivity contribution in [2.24, 2.45) is 5.92 Å². The van der Waals surface area contributed by atoms with Gasteiger partial charge < -0.3 is 15.0 Å². The van der Waals surface area contributed by atoms with Crippen LogP contribution in [0.25, 0.3) is 0 Å². The van der Waals surface area contributed by atoms with Gasteiger partial charge in [-0.05, 0) is 49.1 Å². The van der Waals surface area contributed by atoms with Crippen molar-refractivity contribution in [1.82, 2.24) is 15.5 Å². The lowest BCUT2D eigenvalue weighted by molar-refractivity contribution is -0.131. The molecule has 4 rings (SSSR count). The molecule has 0 radical (unpaired) electrons. The van der Waals surface area contributed by atoms with Crippen molar-refractivity contribution in [3.63, 3.8) is 0 Å². The highest BCUT2D eigenvalue weighted by molar-refractivity contribution is 5.94. The van der Waals surface area contributed by atoms with Crippen LogP contribution in [0.4, 0.5) is 4.39 Å². The number of carbonyl (C=O) groups excluding carboxylic acids is 2. The summed E-state index contributed by atoms with van der Waals surface area (Å²) >= 11 is 0. The van der Waals surface area contributed by atoms with Crippen LogP contribution in [0, 0.1) is 11.7 Å². The molecule has 170 valence electrons. The molecular weight excluding hydrogens is 409 g/mol. The molecule has 2 fully saturated rings. The van der Waals surface area contributed by atoms with E-state index in [1.165, 1.54) is 12.1 Å². The molecule has 1 saturated heterocycles. The lowest BCUT2D eigenvalue weighted by Crippen LogP contribution is -2.65. The smallest absolute Gasteiger partial charge is 0.256 e. The van der Waals surface area contributed by atoms with Gasteiger partial charge in [0.15, 0.2) is 0 Å². The molecule has 6 nitrogen and oxygen atoms in total. The average molecular weight is 440 g/mol. The van der Waals surface area contributed by atoms with E-state index < -0.39 is 5.82 Å². The molecule has 1 aliphatic heterocycles. The summed E-state index contributed by atoms with van der Waals surface area (Å²) in [6.07, 6.45) is 4.28. The molecule has 0 bridgehead atoms. The molecule has 7 heteroatoms. The maximum atomic E-state index is 14.4. The van der Waals surface area contributed by atoms with E-state index in [0.29, 0.717) is 13.0 Å². The number of methoxy groups -OCH3 is 1. The van der Waals surface area contributed by atoms with Gasteiger partial charge in [-0.1, -0.05) is 37.1 Å². The fourth-order valence-electron chi connectivity index (χ4n) is 4.68. The lowest BCUT2D eigenvalue weighted by atomic mass is 9.82. The Balaban J connectivity index is 1.49. The molecule has 0 spiro atoms. The van der Waals surface area contributed by atoms with E-state index in [9.17, 15) is 14.0 Å². The highest BCUT2D eigenvalue weighted by atomic mass is 19.1. The Morgan fingerprint density at radius 3 is 2.62 bits per heavy atom. The molecule has 2 aromatic carbocycles. The predicted octanol–water partition coefficient (Wildman–Crippen LogP) is 3.12. The van der Waals surface area contributed by atoms with E-state index in [0.717, 1.165) is 37.0 Å². The first kappa shape index (κ1) is 22.3. The number of nitrogens with one attached hydrogen (secondary N) is 2. The summed E-state index contributed by atoms with van der Waals surface area (Å²) in [7, 11) is 1.62. The van der Waals surface area contributed by atoms with Crippen LogP contribution in [0.15, 0.2) is 48.5 Å². The third-order valence-electron chi connectivity index (χ3n) is 6.46. The molecule has 32 heavy (non-hydrogen) atoms. The topological polar surface area (TPSA) is 70.7 Å². The number of benzene rings is 2. The van der Waals surface area contributed by atoms with Crippen molar-refractivity contribution in [3.8, 4) is 5.75 Å². The number of fused-ring (bicyclic) bond motifs is 1. The van der Waals surface area contributed by atoms with Gasteiger partial charge in [0, 0.05) is 12.6 Å². The summed E-state index contributed by atoms with van der Waals surface area (Å²) in [6.45, 7) is 0.680. The summed E-state index contributed by atoms with van der Waals surface area (Å²) in [5.41, 5.74) is 1.09. The van der Waals surface area contributed by atoms with Gasteiger partial charge in [-0.15, -0.1) is 0 Å². The first-order valence-electron chi connectivity index (χ1n) is 11.3. The van der Waals surface area contributed by atoms with Gasteiger partial charge in [0.25, 0.3) is 5.91 Å². The Bertz CT molecular complexity index is 950. The second-order valence-corrected chi connectivity index (χ2v) is 8.55. The first-order valence-corrected chi connectivity index (χ1v) is 11.3. The quantitative estimate of drug-likeness (QED) is 0.696. The zero-order valence-electron chi connectivity index (χ0n) is 18.4. The summed E-state index contributed by atoms with van der Waals surface area (Å²) in [4.78, 5) is 27.5. The zero-order valence-corrected chi connectivity index (χ0v) is 18.4. The maximum Gasteiger partial charge on any atom is 0.256 e. The Morgan fingerprint density at radius 2 is 1.88 bits per heavy atom. The van der Waals surface area contributed by atoms with Gasteiger partial charge in [0.2, 0.25) is 5.91 Å². The van der Waals surface area contributed by atoms with Crippen LogP contribution in [0.3, 0.4) is 0 Å². The highest BCUT2D eigenvalue weighted by Gasteiger charge is 2.38. The van der Waals surface area contributed by atoms with Crippen molar-refractivity contribution in [1.29, 1.82) is 0 Å². The third kappa shape index (κ3) is 5.10. The third-order valence-corrected chi connectivity index (χ3v) is 6.46. The summed E-state index contributed by atoms with van der Waals surface area (Å²) in [6, 6.07) is 13.8. The molecule has 2 amide bonds. The van der Waals surface area contributed by atoms with Gasteiger partial charge in [0.05, 0.1) is 31.3 Å². The highest BCUT2D eigenvalue weighted by Crippen LogP contribution is 2.27. The molecular formula is C25H30FN3O3. The molecule has 1 heterocycles. The Hall–Kier alpha value is -2.93. The van der Waals surface area contributed by atoms with Gasteiger partial charge >= 0.3 is 0 Å². The van der Waals surface area contributed by atoms with Crippen molar-refractivity contribution in [2.45, 2.75) is 44.3 Å². The molecule has 3 atom stereocenters. The van der Waals surface area contributed by atoms with E-state index in [2.05, 4.69) is 10.6 Å².